The molecule has 0 fully saturated rings. The van der Waals surface area contributed by atoms with Crippen LogP contribution in [0.2, 0.25) is 10.0 Å². The molecule has 1 aliphatic rings. The monoisotopic (exact) mass is 676 g/mol. The van der Waals surface area contributed by atoms with Gasteiger partial charge in [-0.2, -0.15) is 0 Å². The molecule has 1 amide bonds. The molecule has 1 aromatic heterocycles. The minimum Gasteiger partial charge on any atom is -0.452 e. The lowest BCUT2D eigenvalue weighted by molar-refractivity contribution is -0.119. The lowest BCUT2D eigenvalue weighted by Crippen LogP contribution is -2.29. The highest BCUT2D eigenvalue weighted by atomic mass is 35.5. The summed E-state index contributed by atoms with van der Waals surface area (Å²) in [5.74, 6) is -1.28. The minimum atomic E-state index is -0.614. The van der Waals surface area contributed by atoms with Gasteiger partial charge in [0.1, 0.15) is 0 Å². The summed E-state index contributed by atoms with van der Waals surface area (Å²) in [4.78, 5) is 45.5. The van der Waals surface area contributed by atoms with Crippen LogP contribution in [0.5, 0.6) is 0 Å². The van der Waals surface area contributed by atoms with Crippen molar-refractivity contribution in [1.82, 2.24) is 4.98 Å². The van der Waals surface area contributed by atoms with Gasteiger partial charge in [-0.1, -0.05) is 105 Å². The maximum absolute atomic E-state index is 14.0. The number of halogens is 2. The first-order valence-electron chi connectivity index (χ1n) is 15.7. The molecule has 1 unspecified atom stereocenters. The smallest absolute Gasteiger partial charge is 0.339 e. The van der Waals surface area contributed by atoms with E-state index < -0.39 is 18.5 Å². The van der Waals surface area contributed by atoms with Crippen LogP contribution in [-0.2, 0) is 16.0 Å². The predicted molar refractivity (Wildman–Crippen MR) is 193 cm³/mol. The second kappa shape index (κ2) is 13.8. The second-order valence-electron chi connectivity index (χ2n) is 13.0. The number of fused-ring (bicyclic) bond motifs is 2. The molecular formula is C40H34Cl2N2O4. The number of ketones is 1. The van der Waals surface area contributed by atoms with Crippen LogP contribution in [0.4, 0.5) is 5.69 Å². The quantitative estimate of drug-likeness (QED) is 0.137. The Morgan fingerprint density at radius 2 is 1.56 bits per heavy atom. The van der Waals surface area contributed by atoms with Crippen LogP contribution in [0.3, 0.4) is 0 Å². The number of rotatable bonds is 7. The molecule has 0 spiro atoms. The molecule has 6 rings (SSSR count). The van der Waals surface area contributed by atoms with E-state index in [-0.39, 0.29) is 28.4 Å². The molecule has 1 heterocycles. The van der Waals surface area contributed by atoms with Crippen molar-refractivity contribution in [3.05, 3.63) is 141 Å². The van der Waals surface area contributed by atoms with Gasteiger partial charge in [-0.15, -0.1) is 0 Å². The molecular weight excluding hydrogens is 643 g/mol. The molecule has 48 heavy (non-hydrogen) atoms. The Bertz CT molecular complexity index is 2070. The first-order valence-corrected chi connectivity index (χ1v) is 16.5. The Labute approximate surface area is 289 Å². The van der Waals surface area contributed by atoms with E-state index in [1.54, 1.807) is 36.4 Å². The van der Waals surface area contributed by atoms with Crippen molar-refractivity contribution in [2.24, 2.45) is 11.3 Å². The van der Waals surface area contributed by atoms with E-state index in [0.29, 0.717) is 38.5 Å². The fraction of sp³-hybridized carbons (Fsp3) is 0.200. The van der Waals surface area contributed by atoms with E-state index in [0.717, 1.165) is 28.8 Å². The van der Waals surface area contributed by atoms with Gasteiger partial charge in [0.2, 0.25) is 0 Å². The van der Waals surface area contributed by atoms with Crippen molar-refractivity contribution in [2.45, 2.75) is 33.6 Å². The zero-order valence-corrected chi connectivity index (χ0v) is 28.4. The van der Waals surface area contributed by atoms with Gasteiger partial charge in [-0.25, -0.2) is 9.78 Å². The largest absolute Gasteiger partial charge is 0.452 e. The average molecular weight is 678 g/mol. The minimum absolute atomic E-state index is 0.0586. The normalized spacial score (nSPS) is 15.2. The van der Waals surface area contributed by atoms with E-state index in [4.69, 9.17) is 32.9 Å². The number of ether oxygens (including phenoxy) is 1. The molecule has 0 saturated carbocycles. The number of anilines is 1. The van der Waals surface area contributed by atoms with Crippen molar-refractivity contribution in [3.8, 4) is 0 Å². The number of nitrogens with zero attached hydrogens (tertiary/aromatic N) is 1. The molecule has 0 radical (unpaired) electrons. The van der Waals surface area contributed by atoms with E-state index in [1.165, 1.54) is 6.07 Å². The SMILES string of the molecule is CC(C)(C)C1C/C(=C\c2ccc(Cl)cc2)c2nc3ccccc3c(C(=O)OCC(=O)Nc3ccc(Cl)cc3C(=O)c3ccccc3)c2C1. The summed E-state index contributed by atoms with van der Waals surface area (Å²) in [5, 5.41) is 4.40. The molecule has 1 atom stereocenters. The number of hydrogen-bond donors (Lipinski definition) is 1. The molecule has 6 nitrogen and oxygen atoms in total. The lowest BCUT2D eigenvalue weighted by Gasteiger charge is -2.36. The highest BCUT2D eigenvalue weighted by Gasteiger charge is 2.35. The van der Waals surface area contributed by atoms with Crippen LogP contribution in [0.1, 0.15) is 70.3 Å². The number of aromatic nitrogens is 1. The highest BCUT2D eigenvalue weighted by molar-refractivity contribution is 6.31. The number of esters is 1. The second-order valence-corrected chi connectivity index (χ2v) is 13.9. The Hall–Kier alpha value is -4.78. The fourth-order valence-corrected chi connectivity index (χ4v) is 6.38. The number of hydrogen-bond acceptors (Lipinski definition) is 5. The maximum Gasteiger partial charge on any atom is 0.339 e. The summed E-state index contributed by atoms with van der Waals surface area (Å²) in [6.07, 6.45) is 3.52. The van der Waals surface area contributed by atoms with Gasteiger partial charge in [0.25, 0.3) is 5.91 Å². The molecule has 242 valence electrons. The molecule has 0 saturated heterocycles. The summed E-state index contributed by atoms with van der Waals surface area (Å²) in [5.41, 5.74) is 5.53. The third-order valence-corrected chi connectivity index (χ3v) is 9.21. The highest BCUT2D eigenvalue weighted by Crippen LogP contribution is 2.45. The van der Waals surface area contributed by atoms with Crippen LogP contribution >= 0.6 is 23.2 Å². The molecule has 8 heteroatoms. The Balaban J connectivity index is 1.32. The molecule has 1 aliphatic carbocycles. The molecule has 4 aromatic carbocycles. The maximum atomic E-state index is 14.0. The van der Waals surface area contributed by atoms with Gasteiger partial charge in [0.05, 0.1) is 22.5 Å². The van der Waals surface area contributed by atoms with E-state index in [9.17, 15) is 14.4 Å². The molecule has 1 N–H and O–H groups in total. The topological polar surface area (TPSA) is 85.4 Å². The van der Waals surface area contributed by atoms with Crippen LogP contribution in [0.25, 0.3) is 22.6 Å². The van der Waals surface area contributed by atoms with Gasteiger partial charge in [-0.3, -0.25) is 9.59 Å². The molecule has 0 bridgehead atoms. The third kappa shape index (κ3) is 7.20. The number of amides is 1. The first-order chi connectivity index (χ1) is 23.0. The van der Waals surface area contributed by atoms with Crippen LogP contribution in [-0.4, -0.2) is 29.3 Å². The Morgan fingerprint density at radius 3 is 2.29 bits per heavy atom. The third-order valence-electron chi connectivity index (χ3n) is 8.72. The van der Waals surface area contributed by atoms with E-state index >= 15 is 0 Å². The van der Waals surface area contributed by atoms with Crippen LogP contribution < -0.4 is 5.32 Å². The van der Waals surface area contributed by atoms with Crippen molar-refractivity contribution in [2.75, 3.05) is 11.9 Å². The van der Waals surface area contributed by atoms with Crippen molar-refractivity contribution < 1.29 is 19.1 Å². The number of carbonyl (C=O) groups is 3. The number of para-hydroxylation sites is 1. The van der Waals surface area contributed by atoms with E-state index in [1.807, 2.05) is 54.6 Å². The Morgan fingerprint density at radius 1 is 0.875 bits per heavy atom. The summed E-state index contributed by atoms with van der Waals surface area (Å²) >= 11 is 12.4. The van der Waals surface area contributed by atoms with Crippen molar-refractivity contribution in [3.63, 3.8) is 0 Å². The lowest BCUT2D eigenvalue weighted by atomic mass is 9.69. The molecule has 5 aromatic rings. The van der Waals surface area contributed by atoms with Gasteiger partial charge < -0.3 is 10.1 Å². The summed E-state index contributed by atoms with van der Waals surface area (Å²) < 4.78 is 5.71. The standard InChI is InChI=1S/C40H34Cl2N2O4/c1-40(2,3)27-20-26(19-24-13-15-28(41)16-14-24)37-32(21-27)36(30-11-7-8-12-33(30)44-37)39(47)48-23-35(45)43-34-18-17-29(42)22-31(34)38(46)25-9-5-4-6-10-25/h4-19,22,27H,20-21,23H2,1-3H3,(H,43,45)/b26-19+. The molecule has 0 aliphatic heterocycles. The van der Waals surface area contributed by atoms with E-state index in [2.05, 4.69) is 32.2 Å². The Kier molecular flexibility index (Phi) is 9.49. The number of nitrogens with one attached hydrogen (secondary N) is 1. The van der Waals surface area contributed by atoms with Crippen LogP contribution in [0, 0.1) is 11.3 Å². The summed E-state index contributed by atoms with van der Waals surface area (Å²) in [7, 11) is 0. The number of benzene rings is 4. The average Bonchev–Trinajstić information content (AvgIpc) is 3.07. The number of pyridine rings is 1. The van der Waals surface area contributed by atoms with Crippen molar-refractivity contribution in [1.29, 1.82) is 0 Å². The van der Waals surface area contributed by atoms with Crippen LogP contribution in [0.15, 0.2) is 97.1 Å². The van der Waals surface area contributed by atoms with Gasteiger partial charge >= 0.3 is 5.97 Å². The van der Waals surface area contributed by atoms with Gasteiger partial charge in [-0.05, 0) is 83.3 Å². The van der Waals surface area contributed by atoms with Crippen molar-refractivity contribution >= 4 is 69.1 Å². The zero-order chi connectivity index (χ0) is 34.0. The summed E-state index contributed by atoms with van der Waals surface area (Å²) in [6, 6.07) is 28.5. The number of allylic oxidation sites excluding steroid dienone is 1. The zero-order valence-electron chi connectivity index (χ0n) is 26.8. The fourth-order valence-electron chi connectivity index (χ4n) is 6.08. The van der Waals surface area contributed by atoms with Gasteiger partial charge in [0, 0.05) is 26.6 Å². The van der Waals surface area contributed by atoms with Gasteiger partial charge in [0.15, 0.2) is 12.4 Å². The predicted octanol–water partition coefficient (Wildman–Crippen LogP) is 9.72. The summed E-state index contributed by atoms with van der Waals surface area (Å²) in [6.45, 7) is 6.05. The first kappa shape index (κ1) is 33.1. The number of carbonyl (C=O) groups excluding carboxylic acids is 3.